The first-order chi connectivity index (χ1) is 10.2. The minimum atomic E-state index is -0.0314. The molecular formula is C14H17N5O2. The van der Waals surface area contributed by atoms with Gasteiger partial charge in [0.25, 0.3) is 5.91 Å². The van der Waals surface area contributed by atoms with E-state index >= 15 is 0 Å². The van der Waals surface area contributed by atoms with Gasteiger partial charge in [0.1, 0.15) is 11.3 Å². The first kappa shape index (κ1) is 13.4. The van der Waals surface area contributed by atoms with E-state index in [1.807, 2.05) is 11.0 Å². The zero-order valence-electron chi connectivity index (χ0n) is 11.8. The summed E-state index contributed by atoms with van der Waals surface area (Å²) in [5.41, 5.74) is 8.10. The van der Waals surface area contributed by atoms with Crippen molar-refractivity contribution in [2.24, 2.45) is 0 Å². The summed E-state index contributed by atoms with van der Waals surface area (Å²) in [5, 5.41) is 3.66. The molecule has 0 aliphatic carbocycles. The lowest BCUT2D eigenvalue weighted by atomic mass is 10.2. The van der Waals surface area contributed by atoms with Gasteiger partial charge in [0, 0.05) is 32.4 Å². The Morgan fingerprint density at radius 1 is 1.29 bits per heavy atom. The summed E-state index contributed by atoms with van der Waals surface area (Å²) in [6, 6.07) is 1.90. The molecule has 0 spiro atoms. The lowest BCUT2D eigenvalue weighted by Crippen LogP contribution is -2.49. The Hall–Kier alpha value is -2.57. The highest BCUT2D eigenvalue weighted by molar-refractivity contribution is 5.95. The van der Waals surface area contributed by atoms with Crippen LogP contribution in [0.25, 0.3) is 0 Å². The average molecular weight is 287 g/mol. The van der Waals surface area contributed by atoms with E-state index in [0.717, 1.165) is 18.8 Å². The molecule has 3 heterocycles. The summed E-state index contributed by atoms with van der Waals surface area (Å²) in [6.07, 6.45) is 4.85. The second kappa shape index (κ2) is 5.43. The Morgan fingerprint density at radius 3 is 2.67 bits per heavy atom. The number of aryl methyl sites for hydroxylation is 1. The van der Waals surface area contributed by atoms with Gasteiger partial charge < -0.3 is 20.1 Å². The Bertz CT molecular complexity index is 646. The van der Waals surface area contributed by atoms with E-state index in [1.165, 1.54) is 6.20 Å². The Morgan fingerprint density at radius 2 is 2.05 bits per heavy atom. The van der Waals surface area contributed by atoms with E-state index in [9.17, 15) is 4.79 Å². The number of aromatic nitrogens is 2. The van der Waals surface area contributed by atoms with Gasteiger partial charge >= 0.3 is 0 Å². The van der Waals surface area contributed by atoms with Crippen molar-refractivity contribution >= 4 is 17.3 Å². The van der Waals surface area contributed by atoms with E-state index in [-0.39, 0.29) is 5.91 Å². The largest absolute Gasteiger partial charge is 0.396 e. The number of amides is 1. The molecule has 0 saturated carbocycles. The van der Waals surface area contributed by atoms with Gasteiger partial charge in [-0.1, -0.05) is 5.16 Å². The highest BCUT2D eigenvalue weighted by Crippen LogP contribution is 2.23. The van der Waals surface area contributed by atoms with Crippen LogP contribution in [0.4, 0.5) is 11.4 Å². The van der Waals surface area contributed by atoms with Crippen LogP contribution < -0.4 is 10.6 Å². The molecule has 0 aromatic carbocycles. The van der Waals surface area contributed by atoms with Crippen LogP contribution in [-0.4, -0.2) is 47.1 Å². The Kier molecular flexibility index (Phi) is 3.47. The Balaban J connectivity index is 1.67. The van der Waals surface area contributed by atoms with Crippen LogP contribution >= 0.6 is 0 Å². The molecule has 21 heavy (non-hydrogen) atoms. The predicted octanol–water partition coefficient (Wildman–Crippen LogP) is 0.923. The van der Waals surface area contributed by atoms with Crippen molar-refractivity contribution in [2.45, 2.75) is 6.92 Å². The van der Waals surface area contributed by atoms with Crippen molar-refractivity contribution in [3.63, 3.8) is 0 Å². The minimum absolute atomic E-state index is 0.0314. The predicted molar refractivity (Wildman–Crippen MR) is 78.0 cm³/mol. The number of carbonyl (C=O) groups is 1. The van der Waals surface area contributed by atoms with Gasteiger partial charge in [-0.15, -0.1) is 0 Å². The maximum absolute atomic E-state index is 12.4. The number of carbonyl (C=O) groups excluding carboxylic acids is 1. The van der Waals surface area contributed by atoms with E-state index in [0.29, 0.717) is 30.1 Å². The number of pyridine rings is 1. The number of nitrogen functional groups attached to an aromatic ring is 1. The van der Waals surface area contributed by atoms with Gasteiger partial charge in [0.2, 0.25) is 0 Å². The Labute approximate surface area is 122 Å². The maximum atomic E-state index is 12.4. The first-order valence-corrected chi connectivity index (χ1v) is 6.82. The first-order valence-electron chi connectivity index (χ1n) is 6.82. The number of nitrogens with two attached hydrogens (primary N) is 1. The van der Waals surface area contributed by atoms with Crippen molar-refractivity contribution in [1.29, 1.82) is 0 Å². The van der Waals surface area contributed by atoms with Crippen molar-refractivity contribution < 1.29 is 9.32 Å². The number of hydrogen-bond acceptors (Lipinski definition) is 6. The fourth-order valence-electron chi connectivity index (χ4n) is 2.51. The second-order valence-corrected chi connectivity index (χ2v) is 5.01. The molecule has 7 heteroatoms. The molecule has 110 valence electrons. The molecular weight excluding hydrogens is 270 g/mol. The topological polar surface area (TPSA) is 88.5 Å². The van der Waals surface area contributed by atoms with Crippen LogP contribution in [0.5, 0.6) is 0 Å². The molecule has 1 aliphatic rings. The van der Waals surface area contributed by atoms with Gasteiger partial charge in [-0.2, -0.15) is 0 Å². The highest BCUT2D eigenvalue weighted by atomic mass is 16.5. The van der Waals surface area contributed by atoms with Crippen LogP contribution in [0.15, 0.2) is 29.2 Å². The SMILES string of the molecule is Cc1oncc1C(=O)N1CCN(c2ccncc2N)CC1. The van der Waals surface area contributed by atoms with E-state index in [4.69, 9.17) is 10.3 Å². The minimum Gasteiger partial charge on any atom is -0.396 e. The van der Waals surface area contributed by atoms with Crippen LogP contribution in [0.3, 0.4) is 0 Å². The summed E-state index contributed by atoms with van der Waals surface area (Å²) < 4.78 is 4.95. The van der Waals surface area contributed by atoms with Crippen molar-refractivity contribution in [2.75, 3.05) is 36.8 Å². The van der Waals surface area contributed by atoms with Crippen molar-refractivity contribution in [1.82, 2.24) is 15.0 Å². The molecule has 0 bridgehead atoms. The third kappa shape index (κ3) is 2.54. The maximum Gasteiger partial charge on any atom is 0.259 e. The van der Waals surface area contributed by atoms with Gasteiger partial charge in [-0.05, 0) is 13.0 Å². The quantitative estimate of drug-likeness (QED) is 0.883. The lowest BCUT2D eigenvalue weighted by molar-refractivity contribution is 0.0745. The zero-order chi connectivity index (χ0) is 14.8. The molecule has 2 aromatic rings. The fourth-order valence-corrected chi connectivity index (χ4v) is 2.51. The number of hydrogen-bond donors (Lipinski definition) is 1. The molecule has 2 N–H and O–H groups in total. The van der Waals surface area contributed by atoms with Crippen molar-refractivity contribution in [3.05, 3.63) is 36.0 Å². The smallest absolute Gasteiger partial charge is 0.259 e. The number of piperazine rings is 1. The molecule has 0 unspecified atom stereocenters. The summed E-state index contributed by atoms with van der Waals surface area (Å²) >= 11 is 0. The summed E-state index contributed by atoms with van der Waals surface area (Å²) in [7, 11) is 0. The molecule has 0 radical (unpaired) electrons. The number of nitrogens with zero attached hydrogens (tertiary/aromatic N) is 4. The molecule has 1 fully saturated rings. The molecule has 1 aliphatic heterocycles. The number of rotatable bonds is 2. The summed E-state index contributed by atoms with van der Waals surface area (Å²) in [6.45, 7) is 4.51. The van der Waals surface area contributed by atoms with E-state index < -0.39 is 0 Å². The molecule has 3 rings (SSSR count). The van der Waals surface area contributed by atoms with Gasteiger partial charge in [-0.25, -0.2) is 0 Å². The van der Waals surface area contributed by atoms with Crippen LogP contribution in [0.2, 0.25) is 0 Å². The monoisotopic (exact) mass is 287 g/mol. The van der Waals surface area contributed by atoms with Gasteiger partial charge in [0.15, 0.2) is 0 Å². The zero-order valence-corrected chi connectivity index (χ0v) is 11.8. The average Bonchev–Trinajstić information content (AvgIpc) is 2.93. The second-order valence-electron chi connectivity index (χ2n) is 5.01. The van der Waals surface area contributed by atoms with Crippen LogP contribution in [0.1, 0.15) is 16.1 Å². The molecule has 1 amide bonds. The van der Waals surface area contributed by atoms with Crippen LogP contribution in [-0.2, 0) is 0 Å². The lowest BCUT2D eigenvalue weighted by Gasteiger charge is -2.36. The number of anilines is 2. The van der Waals surface area contributed by atoms with Crippen LogP contribution in [0, 0.1) is 6.92 Å². The molecule has 1 saturated heterocycles. The van der Waals surface area contributed by atoms with Crippen molar-refractivity contribution in [3.8, 4) is 0 Å². The molecule has 7 nitrogen and oxygen atoms in total. The third-order valence-corrected chi connectivity index (χ3v) is 3.72. The molecule has 2 aromatic heterocycles. The van der Waals surface area contributed by atoms with Gasteiger partial charge in [-0.3, -0.25) is 9.78 Å². The summed E-state index contributed by atoms with van der Waals surface area (Å²) in [5.74, 6) is 0.525. The molecule has 0 atom stereocenters. The summed E-state index contributed by atoms with van der Waals surface area (Å²) in [4.78, 5) is 20.3. The van der Waals surface area contributed by atoms with E-state index in [1.54, 1.807) is 19.3 Å². The standard InChI is InChI=1S/C14H17N5O2/c1-10-11(8-17-21-10)14(20)19-6-4-18(5-7-19)13-2-3-16-9-12(13)15/h2-3,8-9H,4-7,15H2,1H3. The van der Waals surface area contributed by atoms with Gasteiger partial charge in [0.05, 0.1) is 23.8 Å². The van der Waals surface area contributed by atoms with E-state index in [2.05, 4.69) is 15.0 Å². The normalized spacial score (nSPS) is 15.3. The highest BCUT2D eigenvalue weighted by Gasteiger charge is 2.25. The third-order valence-electron chi connectivity index (χ3n) is 3.72. The fraction of sp³-hybridized carbons (Fsp3) is 0.357.